The van der Waals surface area contributed by atoms with Crippen LogP contribution in [0.2, 0.25) is 0 Å². The van der Waals surface area contributed by atoms with Crippen LogP contribution in [0.4, 0.5) is 10.5 Å². The molecule has 1 aromatic rings. The van der Waals surface area contributed by atoms with Crippen LogP contribution >= 0.6 is 0 Å². The van der Waals surface area contributed by atoms with Gasteiger partial charge in [-0.2, -0.15) is 0 Å². The number of nitro groups is 1. The molecule has 1 amide bonds. The molecule has 134 valence electrons. The summed E-state index contributed by atoms with van der Waals surface area (Å²) in [5, 5.41) is 10.6. The smallest absolute Gasteiger partial charge is 0.410 e. The summed E-state index contributed by atoms with van der Waals surface area (Å²) in [6.45, 7) is 6.72. The first-order chi connectivity index (χ1) is 11.2. The molecule has 0 aliphatic carbocycles. The van der Waals surface area contributed by atoms with Crippen molar-refractivity contribution in [1.29, 1.82) is 0 Å². The largest absolute Gasteiger partial charge is 0.492 e. The lowest BCUT2D eigenvalue weighted by Gasteiger charge is -2.27. The average molecular weight is 340 g/mol. The van der Waals surface area contributed by atoms with E-state index < -0.39 is 16.6 Å². The van der Waals surface area contributed by atoms with Crippen molar-refractivity contribution in [2.75, 3.05) is 33.4 Å². The van der Waals surface area contributed by atoms with Gasteiger partial charge < -0.3 is 19.1 Å². The van der Waals surface area contributed by atoms with Crippen molar-refractivity contribution in [3.05, 3.63) is 34.4 Å². The first-order valence-corrected chi connectivity index (χ1v) is 7.57. The first kappa shape index (κ1) is 19.7. The number of carbonyl (C=O) groups excluding carboxylic acids is 1. The molecule has 0 saturated carbocycles. The monoisotopic (exact) mass is 340 g/mol. The number of benzene rings is 1. The summed E-state index contributed by atoms with van der Waals surface area (Å²) in [5.41, 5.74) is -0.584. The number of non-ortho nitro benzene ring substituents is 1. The number of ether oxygens (including phenoxy) is 3. The van der Waals surface area contributed by atoms with Crippen LogP contribution in [0.1, 0.15) is 20.8 Å². The van der Waals surface area contributed by atoms with Gasteiger partial charge in [-0.1, -0.05) is 0 Å². The van der Waals surface area contributed by atoms with Crippen molar-refractivity contribution < 1.29 is 23.9 Å². The van der Waals surface area contributed by atoms with Crippen molar-refractivity contribution in [2.45, 2.75) is 26.4 Å². The number of nitro benzene ring substituents is 1. The Morgan fingerprint density at radius 3 is 2.25 bits per heavy atom. The van der Waals surface area contributed by atoms with Gasteiger partial charge in [0.1, 0.15) is 18.0 Å². The maximum absolute atomic E-state index is 12.1. The van der Waals surface area contributed by atoms with E-state index in [0.29, 0.717) is 25.4 Å². The van der Waals surface area contributed by atoms with Gasteiger partial charge in [-0.05, 0) is 32.9 Å². The molecule has 0 aliphatic heterocycles. The molecule has 8 heteroatoms. The average Bonchev–Trinajstić information content (AvgIpc) is 2.49. The molecule has 0 radical (unpaired) electrons. The van der Waals surface area contributed by atoms with Gasteiger partial charge in [-0.15, -0.1) is 0 Å². The maximum Gasteiger partial charge on any atom is 0.410 e. The zero-order valence-electron chi connectivity index (χ0n) is 14.5. The molecule has 0 atom stereocenters. The molecule has 24 heavy (non-hydrogen) atoms. The van der Waals surface area contributed by atoms with Crippen LogP contribution in [-0.4, -0.2) is 54.9 Å². The van der Waals surface area contributed by atoms with Gasteiger partial charge in [-0.25, -0.2) is 4.79 Å². The molecule has 0 N–H and O–H groups in total. The van der Waals surface area contributed by atoms with Gasteiger partial charge in [-0.3, -0.25) is 10.1 Å². The third kappa shape index (κ3) is 7.28. The van der Waals surface area contributed by atoms with Crippen LogP contribution in [0, 0.1) is 10.1 Å². The number of methoxy groups -OCH3 is 1. The highest BCUT2D eigenvalue weighted by Gasteiger charge is 2.21. The van der Waals surface area contributed by atoms with Gasteiger partial charge in [0, 0.05) is 25.8 Å². The zero-order chi connectivity index (χ0) is 18.2. The van der Waals surface area contributed by atoms with E-state index in [1.54, 1.807) is 27.9 Å². The van der Waals surface area contributed by atoms with Crippen molar-refractivity contribution in [2.24, 2.45) is 0 Å². The highest BCUT2D eigenvalue weighted by atomic mass is 16.6. The quantitative estimate of drug-likeness (QED) is 0.534. The van der Waals surface area contributed by atoms with E-state index >= 15 is 0 Å². The van der Waals surface area contributed by atoms with E-state index in [-0.39, 0.29) is 12.3 Å². The summed E-state index contributed by atoms with van der Waals surface area (Å²) in [6, 6.07) is 5.77. The van der Waals surface area contributed by atoms with Crippen LogP contribution in [-0.2, 0) is 9.47 Å². The third-order valence-electron chi connectivity index (χ3n) is 2.89. The van der Waals surface area contributed by atoms with Crippen molar-refractivity contribution in [3.63, 3.8) is 0 Å². The number of hydrogen-bond acceptors (Lipinski definition) is 6. The molecule has 0 heterocycles. The lowest BCUT2D eigenvalue weighted by molar-refractivity contribution is -0.384. The summed E-state index contributed by atoms with van der Waals surface area (Å²) in [7, 11) is 1.56. The van der Waals surface area contributed by atoms with E-state index in [4.69, 9.17) is 14.2 Å². The number of carbonyl (C=O) groups is 1. The molecule has 0 saturated heterocycles. The topological polar surface area (TPSA) is 91.1 Å². The molecule has 0 bridgehead atoms. The predicted molar refractivity (Wildman–Crippen MR) is 88.3 cm³/mol. The third-order valence-corrected chi connectivity index (χ3v) is 2.89. The standard InChI is InChI=1S/C16H24N2O6/c1-16(2,3)24-15(19)17(9-11-22-4)10-12-23-14-7-5-13(6-8-14)18(20)21/h5-8H,9-12H2,1-4H3. The van der Waals surface area contributed by atoms with Crippen LogP contribution in [0.15, 0.2) is 24.3 Å². The Kier molecular flexibility index (Phi) is 7.44. The van der Waals surface area contributed by atoms with Gasteiger partial charge in [0.25, 0.3) is 5.69 Å². The van der Waals surface area contributed by atoms with Crippen molar-refractivity contribution >= 4 is 11.8 Å². The maximum atomic E-state index is 12.1. The highest BCUT2D eigenvalue weighted by Crippen LogP contribution is 2.17. The van der Waals surface area contributed by atoms with Gasteiger partial charge in [0.05, 0.1) is 18.1 Å². The zero-order valence-corrected chi connectivity index (χ0v) is 14.5. The summed E-state index contributed by atoms with van der Waals surface area (Å²) >= 11 is 0. The van der Waals surface area contributed by atoms with E-state index in [9.17, 15) is 14.9 Å². The minimum Gasteiger partial charge on any atom is -0.492 e. The highest BCUT2D eigenvalue weighted by molar-refractivity contribution is 5.68. The van der Waals surface area contributed by atoms with Crippen LogP contribution in [0.3, 0.4) is 0 Å². The second kappa shape index (κ2) is 9.07. The molecule has 0 unspecified atom stereocenters. The minimum absolute atomic E-state index is 0.00201. The van der Waals surface area contributed by atoms with Crippen molar-refractivity contribution in [1.82, 2.24) is 4.90 Å². The fraction of sp³-hybridized carbons (Fsp3) is 0.562. The Labute approximate surface area is 141 Å². The second-order valence-electron chi connectivity index (χ2n) is 6.06. The molecular weight excluding hydrogens is 316 g/mol. The molecule has 1 aromatic carbocycles. The summed E-state index contributed by atoms with van der Waals surface area (Å²) in [6.07, 6.45) is -0.438. The van der Waals surface area contributed by atoms with Crippen LogP contribution in [0.25, 0.3) is 0 Å². The molecule has 0 aromatic heterocycles. The van der Waals surface area contributed by atoms with Gasteiger partial charge >= 0.3 is 6.09 Å². The Hall–Kier alpha value is -2.35. The van der Waals surface area contributed by atoms with Crippen molar-refractivity contribution in [3.8, 4) is 5.75 Å². The lowest BCUT2D eigenvalue weighted by Crippen LogP contribution is -2.40. The van der Waals surface area contributed by atoms with E-state index in [0.717, 1.165) is 0 Å². The lowest BCUT2D eigenvalue weighted by atomic mass is 10.2. The Bertz CT molecular complexity index is 538. The molecular formula is C16H24N2O6. The van der Waals surface area contributed by atoms with Crippen LogP contribution in [0.5, 0.6) is 5.75 Å². The van der Waals surface area contributed by atoms with Crippen LogP contribution < -0.4 is 4.74 Å². The van der Waals surface area contributed by atoms with E-state index in [1.807, 2.05) is 0 Å². The minimum atomic E-state index is -0.582. The predicted octanol–water partition coefficient (Wildman–Crippen LogP) is 2.86. The van der Waals surface area contributed by atoms with E-state index in [1.165, 1.54) is 29.2 Å². The summed E-state index contributed by atoms with van der Waals surface area (Å²) < 4.78 is 15.9. The number of nitrogens with zero attached hydrogens (tertiary/aromatic N) is 2. The first-order valence-electron chi connectivity index (χ1n) is 7.57. The fourth-order valence-corrected chi connectivity index (χ4v) is 1.76. The molecule has 0 fully saturated rings. The molecule has 0 aliphatic rings. The molecule has 1 rings (SSSR count). The number of rotatable bonds is 8. The molecule has 8 nitrogen and oxygen atoms in total. The summed E-state index contributed by atoms with van der Waals surface area (Å²) in [5.74, 6) is 0.497. The van der Waals surface area contributed by atoms with Gasteiger partial charge in [0.15, 0.2) is 0 Å². The summed E-state index contributed by atoms with van der Waals surface area (Å²) in [4.78, 5) is 23.8. The second-order valence-corrected chi connectivity index (χ2v) is 6.06. The Morgan fingerprint density at radius 2 is 1.75 bits per heavy atom. The van der Waals surface area contributed by atoms with E-state index in [2.05, 4.69) is 0 Å². The number of amides is 1. The number of hydrogen-bond donors (Lipinski definition) is 0. The normalized spacial score (nSPS) is 11.0. The molecule has 0 spiro atoms. The Morgan fingerprint density at radius 1 is 1.17 bits per heavy atom. The fourth-order valence-electron chi connectivity index (χ4n) is 1.76. The van der Waals surface area contributed by atoms with Gasteiger partial charge in [0.2, 0.25) is 0 Å². The Balaban J connectivity index is 2.54. The SMILES string of the molecule is COCCN(CCOc1ccc([N+](=O)[O-])cc1)C(=O)OC(C)(C)C.